The summed E-state index contributed by atoms with van der Waals surface area (Å²) in [6.07, 6.45) is 4.26. The van der Waals surface area contributed by atoms with Crippen molar-refractivity contribution in [1.82, 2.24) is 24.6 Å². The largest absolute Gasteiger partial charge is 0.496 e. The van der Waals surface area contributed by atoms with E-state index in [0.29, 0.717) is 0 Å². The van der Waals surface area contributed by atoms with Gasteiger partial charge in [0.1, 0.15) is 11.6 Å². The van der Waals surface area contributed by atoms with Crippen LogP contribution in [0.4, 0.5) is 0 Å². The highest BCUT2D eigenvalue weighted by molar-refractivity contribution is 7.98. The topological polar surface area (TPSA) is 65.3 Å². The smallest absolute Gasteiger partial charge is 0.191 e. The molecule has 1 atom stereocenters. The lowest BCUT2D eigenvalue weighted by atomic mass is 10.1. The molecule has 1 aliphatic rings. The quantitative estimate of drug-likeness (QED) is 0.428. The van der Waals surface area contributed by atoms with Crippen LogP contribution >= 0.6 is 11.8 Å². The van der Waals surface area contributed by atoms with Crippen LogP contribution in [0.2, 0.25) is 0 Å². The molecule has 1 saturated heterocycles. The molecule has 8 heteroatoms. The number of aromatic nitrogens is 4. The van der Waals surface area contributed by atoms with Crippen LogP contribution in [0.25, 0.3) is 0 Å². The highest BCUT2D eigenvalue weighted by Crippen LogP contribution is 2.25. The number of methoxy groups -OCH3 is 1. The molecule has 0 amide bonds. The van der Waals surface area contributed by atoms with E-state index in [2.05, 4.69) is 50.8 Å². The van der Waals surface area contributed by atoms with Gasteiger partial charge in [-0.2, -0.15) is 0 Å². The molecule has 4 rings (SSSR count). The number of ether oxygens (including phenoxy) is 2. The van der Waals surface area contributed by atoms with Crippen molar-refractivity contribution in [3.63, 3.8) is 0 Å². The molecule has 0 spiro atoms. The third-order valence-corrected chi connectivity index (χ3v) is 6.60. The van der Waals surface area contributed by atoms with Gasteiger partial charge in [0.05, 0.1) is 32.0 Å². The second-order valence-corrected chi connectivity index (χ2v) is 9.17. The molecule has 7 nitrogen and oxygen atoms in total. The Bertz CT molecular complexity index is 1000. The number of rotatable bonds is 10. The maximum atomic E-state index is 5.91. The molecule has 3 heterocycles. The zero-order chi connectivity index (χ0) is 22.3. The van der Waals surface area contributed by atoms with Gasteiger partial charge < -0.3 is 14.0 Å². The van der Waals surface area contributed by atoms with Crippen LogP contribution in [0.5, 0.6) is 5.75 Å². The molecule has 0 N–H and O–H groups in total. The van der Waals surface area contributed by atoms with Crippen LogP contribution in [-0.4, -0.2) is 51.5 Å². The summed E-state index contributed by atoms with van der Waals surface area (Å²) in [5.74, 6) is 2.66. The molecule has 1 fully saturated rings. The first-order valence-corrected chi connectivity index (χ1v) is 12.0. The van der Waals surface area contributed by atoms with Crippen molar-refractivity contribution in [1.29, 1.82) is 0 Å². The van der Waals surface area contributed by atoms with E-state index >= 15 is 0 Å². The Morgan fingerprint density at radius 1 is 1.22 bits per heavy atom. The minimum absolute atomic E-state index is 0.230. The lowest BCUT2D eigenvalue weighted by molar-refractivity contribution is 0.0934. The van der Waals surface area contributed by atoms with Gasteiger partial charge in [-0.1, -0.05) is 30.0 Å². The fraction of sp³-hybridized carbons (Fsp3) is 0.458. The second kappa shape index (κ2) is 10.9. The van der Waals surface area contributed by atoms with E-state index in [0.717, 1.165) is 72.8 Å². The Labute approximate surface area is 194 Å². The van der Waals surface area contributed by atoms with Gasteiger partial charge >= 0.3 is 0 Å². The molecular weight excluding hydrogens is 422 g/mol. The minimum atomic E-state index is 0.230. The number of aryl methyl sites for hydroxylation is 1. The summed E-state index contributed by atoms with van der Waals surface area (Å²) in [5.41, 5.74) is 3.44. The van der Waals surface area contributed by atoms with Gasteiger partial charge in [0.15, 0.2) is 5.16 Å². The SMILES string of the molecule is COc1ccc(CN(C)Cc2nnc(SCc3ccccn3)n2C[C@H]2CCCO2)cc1C. The summed E-state index contributed by atoms with van der Waals surface area (Å²) in [5, 5.41) is 10.00. The average Bonchev–Trinajstić information content (AvgIpc) is 3.44. The van der Waals surface area contributed by atoms with Crippen molar-refractivity contribution in [3.8, 4) is 5.75 Å². The van der Waals surface area contributed by atoms with Crippen molar-refractivity contribution >= 4 is 11.8 Å². The molecule has 2 aromatic heterocycles. The minimum Gasteiger partial charge on any atom is -0.496 e. The van der Waals surface area contributed by atoms with Gasteiger partial charge in [-0.25, -0.2) is 0 Å². The summed E-state index contributed by atoms with van der Waals surface area (Å²) < 4.78 is 13.5. The van der Waals surface area contributed by atoms with Gasteiger partial charge in [-0.05, 0) is 56.1 Å². The Kier molecular flexibility index (Phi) is 7.78. The van der Waals surface area contributed by atoms with Gasteiger partial charge in [-0.15, -0.1) is 10.2 Å². The molecular formula is C24H31N5O2S. The van der Waals surface area contributed by atoms with Crippen LogP contribution < -0.4 is 4.74 Å². The molecule has 1 aliphatic heterocycles. The average molecular weight is 454 g/mol. The number of nitrogens with zero attached hydrogens (tertiary/aromatic N) is 5. The maximum Gasteiger partial charge on any atom is 0.191 e. The molecule has 0 aliphatic carbocycles. The predicted molar refractivity (Wildman–Crippen MR) is 126 cm³/mol. The van der Waals surface area contributed by atoms with E-state index < -0.39 is 0 Å². The lowest BCUT2D eigenvalue weighted by Gasteiger charge is -2.19. The van der Waals surface area contributed by atoms with Crippen molar-refractivity contribution in [2.45, 2.75) is 56.4 Å². The van der Waals surface area contributed by atoms with E-state index in [-0.39, 0.29) is 6.10 Å². The van der Waals surface area contributed by atoms with Gasteiger partial charge in [0.25, 0.3) is 0 Å². The number of hydrogen-bond acceptors (Lipinski definition) is 7. The molecule has 0 bridgehead atoms. The highest BCUT2D eigenvalue weighted by Gasteiger charge is 2.22. The Balaban J connectivity index is 1.46. The molecule has 1 aromatic carbocycles. The number of hydrogen-bond donors (Lipinski definition) is 0. The fourth-order valence-corrected chi connectivity index (χ4v) is 4.87. The zero-order valence-corrected chi connectivity index (χ0v) is 19.8. The van der Waals surface area contributed by atoms with Crippen LogP contribution in [0, 0.1) is 6.92 Å². The summed E-state index contributed by atoms with van der Waals surface area (Å²) in [6.45, 7) is 5.26. The molecule has 0 unspecified atom stereocenters. The first kappa shape index (κ1) is 22.8. The second-order valence-electron chi connectivity index (χ2n) is 8.23. The van der Waals surface area contributed by atoms with Crippen molar-refractivity contribution in [2.75, 3.05) is 20.8 Å². The van der Waals surface area contributed by atoms with E-state index in [4.69, 9.17) is 9.47 Å². The highest BCUT2D eigenvalue weighted by atomic mass is 32.2. The third kappa shape index (κ3) is 5.88. The summed E-state index contributed by atoms with van der Waals surface area (Å²) in [6, 6.07) is 12.3. The van der Waals surface area contributed by atoms with Crippen molar-refractivity contribution in [3.05, 3.63) is 65.2 Å². The van der Waals surface area contributed by atoms with Gasteiger partial charge in [0.2, 0.25) is 0 Å². The summed E-state index contributed by atoms with van der Waals surface area (Å²) >= 11 is 1.68. The molecule has 0 radical (unpaired) electrons. The lowest BCUT2D eigenvalue weighted by Crippen LogP contribution is -2.23. The standard InChI is InChI=1S/C24H31N5O2S/c1-18-13-19(9-10-22(18)30-3)14-28(2)16-23-26-27-24(29(23)15-21-8-6-12-31-21)32-17-20-7-4-5-11-25-20/h4-5,7,9-11,13,21H,6,8,12,14-17H2,1-3H3/t21-/m1/s1. The van der Waals surface area contributed by atoms with Crippen LogP contribution in [0.1, 0.15) is 35.5 Å². The molecule has 170 valence electrons. The number of thioether (sulfide) groups is 1. The van der Waals surface area contributed by atoms with Crippen molar-refractivity contribution in [2.24, 2.45) is 0 Å². The van der Waals surface area contributed by atoms with Crippen LogP contribution in [0.15, 0.2) is 47.8 Å². The van der Waals surface area contributed by atoms with Gasteiger partial charge in [-0.3, -0.25) is 9.88 Å². The van der Waals surface area contributed by atoms with Crippen molar-refractivity contribution < 1.29 is 9.47 Å². The van der Waals surface area contributed by atoms with Gasteiger partial charge in [0, 0.05) is 25.1 Å². The van der Waals surface area contributed by atoms with E-state index in [1.54, 1.807) is 18.9 Å². The summed E-state index contributed by atoms with van der Waals surface area (Å²) in [4.78, 5) is 6.70. The Morgan fingerprint density at radius 3 is 2.84 bits per heavy atom. The molecule has 3 aromatic rings. The van der Waals surface area contributed by atoms with E-state index in [1.165, 1.54) is 5.56 Å². The predicted octanol–water partition coefficient (Wildman–Crippen LogP) is 4.09. The van der Waals surface area contributed by atoms with Crippen LogP contribution in [-0.2, 0) is 30.1 Å². The van der Waals surface area contributed by atoms with E-state index in [1.807, 2.05) is 30.5 Å². The third-order valence-electron chi connectivity index (χ3n) is 5.60. The Hall–Kier alpha value is -2.42. The summed E-state index contributed by atoms with van der Waals surface area (Å²) in [7, 11) is 3.82. The first-order chi connectivity index (χ1) is 15.6. The zero-order valence-electron chi connectivity index (χ0n) is 19.0. The normalized spacial score (nSPS) is 16.1. The Morgan fingerprint density at radius 2 is 2.12 bits per heavy atom. The first-order valence-electron chi connectivity index (χ1n) is 11.0. The number of benzene rings is 1. The van der Waals surface area contributed by atoms with Crippen LogP contribution in [0.3, 0.4) is 0 Å². The van der Waals surface area contributed by atoms with E-state index in [9.17, 15) is 0 Å². The maximum absolute atomic E-state index is 5.91. The number of pyridine rings is 1. The molecule has 0 saturated carbocycles. The molecule has 32 heavy (non-hydrogen) atoms. The monoisotopic (exact) mass is 453 g/mol. The fourth-order valence-electron chi connectivity index (χ4n) is 3.99.